The summed E-state index contributed by atoms with van der Waals surface area (Å²) in [7, 11) is 0. The molecule has 0 aromatic heterocycles. The Kier molecular flexibility index (Phi) is 5.29. The summed E-state index contributed by atoms with van der Waals surface area (Å²) in [5.74, 6) is 3.28. The fraction of sp³-hybridized carbons (Fsp3) is 0.529. The molecule has 1 aromatic rings. The van der Waals surface area contributed by atoms with Crippen LogP contribution in [0.4, 0.5) is 0 Å². The van der Waals surface area contributed by atoms with Gasteiger partial charge in [0.05, 0.1) is 0 Å². The van der Waals surface area contributed by atoms with E-state index in [1.807, 2.05) is 0 Å². The van der Waals surface area contributed by atoms with Gasteiger partial charge in [-0.2, -0.15) is 0 Å². The van der Waals surface area contributed by atoms with E-state index in [1.54, 1.807) is 0 Å². The average Bonchev–Trinajstić information content (AvgIpc) is 2.32. The van der Waals surface area contributed by atoms with E-state index in [4.69, 9.17) is 6.42 Å². The summed E-state index contributed by atoms with van der Waals surface area (Å²) in [6, 6.07) is 4.38. The zero-order chi connectivity index (χ0) is 12.8. The molecule has 0 saturated heterocycles. The Morgan fingerprint density at radius 3 is 2.35 bits per heavy atom. The van der Waals surface area contributed by atoms with Gasteiger partial charge in [0.25, 0.3) is 0 Å². The predicted octanol–water partition coefficient (Wildman–Crippen LogP) is 4.91. The van der Waals surface area contributed by atoms with E-state index in [2.05, 4.69) is 45.7 Å². The first-order valence-corrected chi connectivity index (χ1v) is 6.64. The van der Waals surface area contributed by atoms with Crippen LogP contribution in [0.15, 0.2) is 12.1 Å². The highest BCUT2D eigenvalue weighted by molar-refractivity contribution is 5.44. The van der Waals surface area contributed by atoms with Gasteiger partial charge < -0.3 is 0 Å². The van der Waals surface area contributed by atoms with Gasteiger partial charge in [0.15, 0.2) is 0 Å². The van der Waals surface area contributed by atoms with Gasteiger partial charge in [-0.1, -0.05) is 44.2 Å². The van der Waals surface area contributed by atoms with Crippen LogP contribution in [0.25, 0.3) is 0 Å². The molecule has 0 bridgehead atoms. The number of rotatable bonds is 5. The van der Waals surface area contributed by atoms with Crippen molar-refractivity contribution in [3.63, 3.8) is 0 Å². The summed E-state index contributed by atoms with van der Waals surface area (Å²) >= 11 is 0. The van der Waals surface area contributed by atoms with Gasteiger partial charge in [-0.15, -0.1) is 6.42 Å². The Hall–Kier alpha value is -1.22. The topological polar surface area (TPSA) is 0 Å². The minimum absolute atomic E-state index is 0.293. The van der Waals surface area contributed by atoms with Crippen molar-refractivity contribution in [2.24, 2.45) is 0 Å². The van der Waals surface area contributed by atoms with Crippen LogP contribution in [0, 0.1) is 33.1 Å². The fourth-order valence-corrected chi connectivity index (χ4v) is 2.42. The van der Waals surface area contributed by atoms with Crippen LogP contribution in [0.2, 0.25) is 0 Å². The minimum atomic E-state index is 0.293. The average molecular weight is 228 g/mol. The highest BCUT2D eigenvalue weighted by atomic mass is 14.2. The second-order valence-electron chi connectivity index (χ2n) is 4.95. The van der Waals surface area contributed by atoms with Crippen LogP contribution in [-0.4, -0.2) is 0 Å². The number of aryl methyl sites for hydroxylation is 2. The van der Waals surface area contributed by atoms with Crippen LogP contribution < -0.4 is 0 Å². The van der Waals surface area contributed by atoms with E-state index >= 15 is 0 Å². The van der Waals surface area contributed by atoms with Crippen LogP contribution >= 0.6 is 0 Å². The quantitative estimate of drug-likeness (QED) is 0.496. The molecule has 1 atom stereocenters. The molecular formula is C17H24. The molecule has 0 fully saturated rings. The molecular weight excluding hydrogens is 204 g/mol. The standard InChI is InChI=1S/C17H24/c1-6-8-9-10-16(7-2)17-14(4)12-11-13(3)15(17)5/h2,11-12,16H,6,8-10H2,1,3-5H3. The summed E-state index contributed by atoms with van der Waals surface area (Å²) in [6.45, 7) is 8.76. The lowest BCUT2D eigenvalue weighted by atomic mass is 9.86. The first-order chi connectivity index (χ1) is 8.11. The van der Waals surface area contributed by atoms with Crippen molar-refractivity contribution in [1.29, 1.82) is 0 Å². The Bertz CT molecular complexity index is 407. The molecule has 0 aliphatic rings. The molecule has 0 amide bonds. The van der Waals surface area contributed by atoms with Crippen molar-refractivity contribution in [3.05, 3.63) is 34.4 Å². The van der Waals surface area contributed by atoms with Gasteiger partial charge in [0, 0.05) is 5.92 Å². The Morgan fingerprint density at radius 1 is 1.12 bits per heavy atom. The number of terminal acetylenes is 1. The second kappa shape index (κ2) is 6.50. The lowest BCUT2D eigenvalue weighted by molar-refractivity contribution is 0.634. The third-order valence-electron chi connectivity index (χ3n) is 3.65. The van der Waals surface area contributed by atoms with E-state index < -0.39 is 0 Å². The van der Waals surface area contributed by atoms with Crippen molar-refractivity contribution in [2.45, 2.75) is 59.3 Å². The monoisotopic (exact) mass is 228 g/mol. The summed E-state index contributed by atoms with van der Waals surface area (Å²) < 4.78 is 0. The molecule has 92 valence electrons. The lowest BCUT2D eigenvalue weighted by Crippen LogP contribution is -2.03. The first kappa shape index (κ1) is 13.8. The van der Waals surface area contributed by atoms with E-state index in [0.717, 1.165) is 6.42 Å². The Balaban J connectivity index is 2.96. The molecule has 0 nitrogen and oxygen atoms in total. The second-order valence-corrected chi connectivity index (χ2v) is 4.95. The first-order valence-electron chi connectivity index (χ1n) is 6.64. The van der Waals surface area contributed by atoms with Crippen LogP contribution in [-0.2, 0) is 0 Å². The Morgan fingerprint density at radius 2 is 1.76 bits per heavy atom. The third-order valence-corrected chi connectivity index (χ3v) is 3.65. The molecule has 0 heterocycles. The van der Waals surface area contributed by atoms with E-state index in [0.29, 0.717) is 5.92 Å². The highest BCUT2D eigenvalue weighted by Crippen LogP contribution is 2.29. The molecule has 0 heteroatoms. The molecule has 0 saturated carbocycles. The summed E-state index contributed by atoms with van der Waals surface area (Å²) in [6.07, 6.45) is 10.6. The largest absolute Gasteiger partial charge is 0.119 e. The summed E-state index contributed by atoms with van der Waals surface area (Å²) in [5, 5.41) is 0. The van der Waals surface area contributed by atoms with E-state index in [9.17, 15) is 0 Å². The van der Waals surface area contributed by atoms with Gasteiger partial charge in [-0.25, -0.2) is 0 Å². The molecule has 1 rings (SSSR count). The molecule has 17 heavy (non-hydrogen) atoms. The van der Waals surface area contributed by atoms with Crippen molar-refractivity contribution in [2.75, 3.05) is 0 Å². The van der Waals surface area contributed by atoms with Crippen molar-refractivity contribution in [3.8, 4) is 12.3 Å². The lowest BCUT2D eigenvalue weighted by Gasteiger charge is -2.18. The normalized spacial score (nSPS) is 12.2. The predicted molar refractivity (Wildman–Crippen MR) is 76.4 cm³/mol. The highest BCUT2D eigenvalue weighted by Gasteiger charge is 2.14. The van der Waals surface area contributed by atoms with E-state index in [1.165, 1.54) is 41.5 Å². The smallest absolute Gasteiger partial charge is 0.0455 e. The number of hydrogen-bond donors (Lipinski definition) is 0. The maximum absolute atomic E-state index is 5.72. The van der Waals surface area contributed by atoms with Crippen molar-refractivity contribution in [1.82, 2.24) is 0 Å². The van der Waals surface area contributed by atoms with Crippen LogP contribution in [0.5, 0.6) is 0 Å². The molecule has 1 unspecified atom stereocenters. The molecule has 0 aliphatic heterocycles. The SMILES string of the molecule is C#CC(CCCCC)c1c(C)ccc(C)c1C. The zero-order valence-electron chi connectivity index (χ0n) is 11.6. The number of hydrogen-bond acceptors (Lipinski definition) is 0. The molecule has 0 aliphatic carbocycles. The molecule has 0 spiro atoms. The maximum Gasteiger partial charge on any atom is 0.0455 e. The Labute approximate surface area is 106 Å². The number of unbranched alkanes of at least 4 members (excludes halogenated alkanes) is 2. The van der Waals surface area contributed by atoms with Gasteiger partial charge >= 0.3 is 0 Å². The van der Waals surface area contributed by atoms with E-state index in [-0.39, 0.29) is 0 Å². The zero-order valence-corrected chi connectivity index (χ0v) is 11.6. The van der Waals surface area contributed by atoms with Gasteiger partial charge in [-0.05, 0) is 49.4 Å². The molecule has 0 radical (unpaired) electrons. The minimum Gasteiger partial charge on any atom is -0.119 e. The third kappa shape index (κ3) is 3.37. The summed E-state index contributed by atoms with van der Waals surface area (Å²) in [5.41, 5.74) is 5.46. The van der Waals surface area contributed by atoms with Crippen molar-refractivity contribution < 1.29 is 0 Å². The van der Waals surface area contributed by atoms with Crippen LogP contribution in [0.3, 0.4) is 0 Å². The maximum atomic E-state index is 5.72. The van der Waals surface area contributed by atoms with Crippen molar-refractivity contribution >= 4 is 0 Å². The van der Waals surface area contributed by atoms with Gasteiger partial charge in [0.2, 0.25) is 0 Å². The summed E-state index contributed by atoms with van der Waals surface area (Å²) in [4.78, 5) is 0. The van der Waals surface area contributed by atoms with Gasteiger partial charge in [-0.3, -0.25) is 0 Å². The number of benzene rings is 1. The van der Waals surface area contributed by atoms with Gasteiger partial charge in [0.1, 0.15) is 0 Å². The molecule has 0 N–H and O–H groups in total. The molecule has 1 aromatic carbocycles. The van der Waals surface area contributed by atoms with Crippen LogP contribution in [0.1, 0.15) is 60.8 Å². The fourth-order valence-electron chi connectivity index (χ4n) is 2.42.